The summed E-state index contributed by atoms with van der Waals surface area (Å²) >= 11 is 0. The van der Waals surface area contributed by atoms with Crippen molar-refractivity contribution in [3.05, 3.63) is 53.1 Å². The zero-order valence-electron chi connectivity index (χ0n) is 19.6. The predicted molar refractivity (Wildman–Crippen MR) is 126 cm³/mol. The number of sulfonamides is 1. The van der Waals surface area contributed by atoms with Crippen LogP contribution in [-0.4, -0.2) is 65.2 Å². The zero-order chi connectivity index (χ0) is 24.0. The summed E-state index contributed by atoms with van der Waals surface area (Å²) in [7, 11) is -1.91. The number of aryl methyl sites for hydroxylation is 1. The maximum atomic E-state index is 12.7. The van der Waals surface area contributed by atoms with Gasteiger partial charge in [-0.3, -0.25) is 4.79 Å². The van der Waals surface area contributed by atoms with Crippen molar-refractivity contribution in [1.82, 2.24) is 9.62 Å². The van der Waals surface area contributed by atoms with Gasteiger partial charge in [-0.25, -0.2) is 8.42 Å². The molecule has 1 fully saturated rings. The molecule has 0 aliphatic carbocycles. The van der Waals surface area contributed by atoms with Gasteiger partial charge in [-0.1, -0.05) is 13.8 Å². The van der Waals surface area contributed by atoms with E-state index in [1.54, 1.807) is 19.2 Å². The molecule has 2 aromatic rings. The van der Waals surface area contributed by atoms with Gasteiger partial charge in [0.25, 0.3) is 5.91 Å². The fourth-order valence-electron chi connectivity index (χ4n) is 3.64. The van der Waals surface area contributed by atoms with E-state index in [1.807, 2.05) is 19.1 Å². The van der Waals surface area contributed by atoms with Crippen LogP contribution in [0.25, 0.3) is 0 Å². The number of morpholine rings is 1. The number of amides is 1. The minimum atomic E-state index is -3.53. The summed E-state index contributed by atoms with van der Waals surface area (Å²) in [6, 6.07) is 10.1. The van der Waals surface area contributed by atoms with Crippen LogP contribution in [0.1, 0.15) is 41.3 Å². The molecule has 9 heteroatoms. The highest BCUT2D eigenvalue weighted by Crippen LogP contribution is 2.29. The van der Waals surface area contributed by atoms with Crippen LogP contribution < -0.4 is 14.8 Å². The third kappa shape index (κ3) is 6.04. The van der Waals surface area contributed by atoms with Crippen LogP contribution in [0.4, 0.5) is 0 Å². The zero-order valence-corrected chi connectivity index (χ0v) is 20.4. The second-order valence-corrected chi connectivity index (χ2v) is 10.1. The normalized spacial score (nSPS) is 14.8. The van der Waals surface area contributed by atoms with E-state index in [4.69, 9.17) is 14.2 Å². The van der Waals surface area contributed by atoms with Gasteiger partial charge in [-0.05, 0) is 60.4 Å². The maximum absolute atomic E-state index is 12.7. The highest BCUT2D eigenvalue weighted by molar-refractivity contribution is 7.89. The van der Waals surface area contributed by atoms with Crippen LogP contribution in [0.3, 0.4) is 0 Å². The first-order chi connectivity index (χ1) is 15.7. The van der Waals surface area contributed by atoms with Crippen molar-refractivity contribution in [2.75, 3.05) is 46.6 Å². The molecule has 1 N–H and O–H groups in total. The van der Waals surface area contributed by atoms with Gasteiger partial charge in [-0.2, -0.15) is 4.31 Å². The number of rotatable bonds is 9. The Morgan fingerprint density at radius 2 is 1.82 bits per heavy atom. The topological polar surface area (TPSA) is 94.2 Å². The van der Waals surface area contributed by atoms with Crippen molar-refractivity contribution in [2.45, 2.75) is 31.6 Å². The lowest BCUT2D eigenvalue weighted by molar-refractivity contribution is 0.0730. The quantitative estimate of drug-likeness (QED) is 0.560. The number of ether oxygens (including phenoxy) is 3. The Bertz CT molecular complexity index is 1060. The van der Waals surface area contributed by atoms with Crippen molar-refractivity contribution >= 4 is 15.9 Å². The molecule has 2 aromatic carbocycles. The molecule has 0 unspecified atom stereocenters. The Hall–Kier alpha value is -2.62. The molecule has 1 amide bonds. The summed E-state index contributed by atoms with van der Waals surface area (Å²) in [4.78, 5) is 12.9. The lowest BCUT2D eigenvalue weighted by Gasteiger charge is -2.26. The molecule has 1 aliphatic heterocycles. The molecule has 180 valence electrons. The van der Waals surface area contributed by atoms with Gasteiger partial charge in [0.05, 0.1) is 31.8 Å². The van der Waals surface area contributed by atoms with Gasteiger partial charge in [-0.15, -0.1) is 0 Å². The molecule has 0 spiro atoms. The van der Waals surface area contributed by atoms with Crippen molar-refractivity contribution < 1.29 is 27.4 Å². The number of carbonyl (C=O) groups is 1. The van der Waals surface area contributed by atoms with Gasteiger partial charge in [0, 0.05) is 18.7 Å². The van der Waals surface area contributed by atoms with E-state index in [9.17, 15) is 13.2 Å². The molecule has 33 heavy (non-hydrogen) atoms. The SMILES string of the molecule is COc1cc(C)c(C(=O)NCCOc2ccc(S(=O)(=O)N3CCOCC3)cc2)cc1C(C)C. The molecular weight excluding hydrogens is 444 g/mol. The van der Waals surface area contributed by atoms with E-state index >= 15 is 0 Å². The largest absolute Gasteiger partial charge is 0.496 e. The number of benzene rings is 2. The van der Waals surface area contributed by atoms with Gasteiger partial charge < -0.3 is 19.5 Å². The third-order valence-corrected chi connectivity index (χ3v) is 7.44. The second-order valence-electron chi connectivity index (χ2n) is 8.16. The number of hydrogen-bond acceptors (Lipinski definition) is 6. The molecule has 0 bridgehead atoms. The number of hydrogen-bond donors (Lipinski definition) is 1. The lowest BCUT2D eigenvalue weighted by Crippen LogP contribution is -2.40. The Kier molecular flexibility index (Phi) is 8.34. The van der Waals surface area contributed by atoms with Crippen LogP contribution in [-0.2, 0) is 14.8 Å². The minimum absolute atomic E-state index is 0.174. The first-order valence-corrected chi connectivity index (χ1v) is 12.5. The molecule has 0 aromatic heterocycles. The summed E-state index contributed by atoms with van der Waals surface area (Å²) < 4.78 is 43.1. The standard InChI is InChI=1S/C24H32N2O6S/c1-17(2)21-16-22(18(3)15-23(21)30-4)24(27)25-9-12-32-19-5-7-20(8-6-19)33(28,29)26-10-13-31-14-11-26/h5-8,15-17H,9-14H2,1-4H3,(H,25,27). The monoisotopic (exact) mass is 476 g/mol. The van der Waals surface area contributed by atoms with E-state index < -0.39 is 10.0 Å². The molecule has 0 atom stereocenters. The second kappa shape index (κ2) is 11.0. The molecule has 3 rings (SSSR count). The van der Waals surface area contributed by atoms with Gasteiger partial charge in [0.1, 0.15) is 18.1 Å². The fraction of sp³-hybridized carbons (Fsp3) is 0.458. The molecule has 0 radical (unpaired) electrons. The molecule has 1 heterocycles. The summed E-state index contributed by atoms with van der Waals surface area (Å²) in [5.74, 6) is 1.37. The van der Waals surface area contributed by atoms with Gasteiger partial charge >= 0.3 is 0 Å². The van der Waals surface area contributed by atoms with E-state index in [0.29, 0.717) is 44.2 Å². The summed E-state index contributed by atoms with van der Waals surface area (Å²) in [5.41, 5.74) is 2.43. The number of nitrogens with zero attached hydrogens (tertiary/aromatic N) is 1. The van der Waals surface area contributed by atoms with Crippen molar-refractivity contribution in [3.63, 3.8) is 0 Å². The van der Waals surface area contributed by atoms with E-state index in [-0.39, 0.29) is 23.3 Å². The predicted octanol–water partition coefficient (Wildman–Crippen LogP) is 2.96. The Labute approximate surface area is 195 Å². The third-order valence-electron chi connectivity index (χ3n) is 5.53. The highest BCUT2D eigenvalue weighted by Gasteiger charge is 2.26. The fourth-order valence-corrected chi connectivity index (χ4v) is 5.05. The Morgan fingerprint density at radius 1 is 1.15 bits per heavy atom. The molecule has 1 saturated heterocycles. The Morgan fingerprint density at radius 3 is 2.42 bits per heavy atom. The van der Waals surface area contributed by atoms with Crippen LogP contribution in [0.2, 0.25) is 0 Å². The average molecular weight is 477 g/mol. The number of carbonyl (C=O) groups excluding carboxylic acids is 1. The van der Waals surface area contributed by atoms with Gasteiger partial charge in [0.2, 0.25) is 10.0 Å². The van der Waals surface area contributed by atoms with Crippen molar-refractivity contribution in [1.29, 1.82) is 0 Å². The number of methoxy groups -OCH3 is 1. The highest BCUT2D eigenvalue weighted by atomic mass is 32.2. The van der Waals surface area contributed by atoms with Crippen molar-refractivity contribution in [3.8, 4) is 11.5 Å². The summed E-state index contributed by atoms with van der Waals surface area (Å²) in [6.07, 6.45) is 0. The van der Waals surface area contributed by atoms with E-state index in [0.717, 1.165) is 16.9 Å². The van der Waals surface area contributed by atoms with Crippen LogP contribution >= 0.6 is 0 Å². The Balaban J connectivity index is 1.54. The van der Waals surface area contributed by atoms with Gasteiger partial charge in [0.15, 0.2) is 0 Å². The number of nitrogens with one attached hydrogen (secondary N) is 1. The minimum Gasteiger partial charge on any atom is -0.496 e. The molecule has 0 saturated carbocycles. The molecular formula is C24H32N2O6S. The summed E-state index contributed by atoms with van der Waals surface area (Å²) in [5, 5.41) is 2.87. The lowest BCUT2D eigenvalue weighted by atomic mass is 9.96. The molecule has 1 aliphatic rings. The molecule has 8 nitrogen and oxygen atoms in total. The van der Waals surface area contributed by atoms with E-state index in [2.05, 4.69) is 19.2 Å². The first-order valence-electron chi connectivity index (χ1n) is 11.0. The van der Waals surface area contributed by atoms with E-state index in [1.165, 1.54) is 16.4 Å². The average Bonchev–Trinajstić information content (AvgIpc) is 2.82. The summed E-state index contributed by atoms with van der Waals surface area (Å²) in [6.45, 7) is 8.08. The van der Waals surface area contributed by atoms with Crippen LogP contribution in [0.15, 0.2) is 41.3 Å². The smallest absolute Gasteiger partial charge is 0.251 e. The van der Waals surface area contributed by atoms with Crippen molar-refractivity contribution in [2.24, 2.45) is 0 Å². The maximum Gasteiger partial charge on any atom is 0.251 e. The van der Waals surface area contributed by atoms with Crippen LogP contribution in [0.5, 0.6) is 11.5 Å². The van der Waals surface area contributed by atoms with Crippen LogP contribution in [0, 0.1) is 6.92 Å². The first kappa shape index (κ1) is 25.0.